The van der Waals surface area contributed by atoms with Gasteiger partial charge in [-0.2, -0.15) is 0 Å². The van der Waals surface area contributed by atoms with Crippen LogP contribution in [0, 0.1) is 11.8 Å². The van der Waals surface area contributed by atoms with Crippen molar-refractivity contribution in [2.75, 3.05) is 37.7 Å². The van der Waals surface area contributed by atoms with Crippen LogP contribution in [0.15, 0.2) is 42.5 Å². The predicted molar refractivity (Wildman–Crippen MR) is 144 cm³/mol. The molecule has 37 heavy (non-hydrogen) atoms. The molecule has 8 nitrogen and oxygen atoms in total. The van der Waals surface area contributed by atoms with E-state index in [0.717, 1.165) is 28.8 Å². The summed E-state index contributed by atoms with van der Waals surface area (Å²) in [6.07, 6.45) is 2.71. The average Bonchev–Trinajstić information content (AvgIpc) is 3.37. The number of amides is 2. The third kappa shape index (κ3) is 5.32. The Morgan fingerprint density at radius 2 is 1.84 bits per heavy atom. The molecule has 2 saturated heterocycles. The van der Waals surface area contributed by atoms with Gasteiger partial charge < -0.3 is 20.3 Å². The standard InChI is InChI=1S/C28H32N4O4S/c1-2-36-28(35)20-7-5-13-32(17-20)26-21(27(34)31-14-11-18(12-15-31)25(29)33)9-10-22(30-26)24-16-19-6-3-4-8-23(19)37-24/h3-4,6,8-10,16,18,20H,2,5,7,11-15,17H2,1H3,(H2,29,33)/t20-/m1/s1. The fourth-order valence-corrected chi connectivity index (χ4v) is 6.29. The van der Waals surface area contributed by atoms with E-state index in [0.29, 0.717) is 57.0 Å². The molecule has 0 spiro atoms. The number of carbonyl (C=O) groups is 3. The molecule has 1 aromatic carbocycles. The van der Waals surface area contributed by atoms with Crippen molar-refractivity contribution in [3.63, 3.8) is 0 Å². The largest absolute Gasteiger partial charge is 0.466 e. The van der Waals surface area contributed by atoms with Gasteiger partial charge in [-0.25, -0.2) is 4.98 Å². The smallest absolute Gasteiger partial charge is 0.310 e. The van der Waals surface area contributed by atoms with E-state index in [-0.39, 0.29) is 29.6 Å². The molecular formula is C28H32N4O4S. The molecule has 2 N–H and O–H groups in total. The van der Waals surface area contributed by atoms with Crippen molar-refractivity contribution >= 4 is 45.0 Å². The van der Waals surface area contributed by atoms with E-state index in [2.05, 4.69) is 23.1 Å². The van der Waals surface area contributed by atoms with Crippen molar-refractivity contribution in [1.82, 2.24) is 9.88 Å². The Hall–Kier alpha value is -3.46. The van der Waals surface area contributed by atoms with Crippen LogP contribution in [-0.2, 0) is 14.3 Å². The number of thiophene rings is 1. The van der Waals surface area contributed by atoms with Crippen LogP contribution in [-0.4, -0.2) is 60.5 Å². The number of hydrogen-bond acceptors (Lipinski definition) is 7. The van der Waals surface area contributed by atoms with Gasteiger partial charge >= 0.3 is 5.97 Å². The predicted octanol–water partition coefficient (Wildman–Crippen LogP) is 4.08. The maximum atomic E-state index is 13.7. The maximum Gasteiger partial charge on any atom is 0.310 e. The van der Waals surface area contributed by atoms with Gasteiger partial charge in [-0.15, -0.1) is 11.3 Å². The molecule has 1 atom stereocenters. The highest BCUT2D eigenvalue weighted by Gasteiger charge is 2.32. The minimum atomic E-state index is -0.305. The Balaban J connectivity index is 1.48. The molecule has 0 saturated carbocycles. The lowest BCUT2D eigenvalue weighted by Gasteiger charge is -2.35. The van der Waals surface area contributed by atoms with Crippen molar-refractivity contribution < 1.29 is 19.1 Å². The van der Waals surface area contributed by atoms with E-state index in [4.69, 9.17) is 15.5 Å². The maximum absolute atomic E-state index is 13.7. The van der Waals surface area contributed by atoms with Gasteiger partial charge in [0, 0.05) is 36.8 Å². The number of fused-ring (bicyclic) bond motifs is 1. The van der Waals surface area contributed by atoms with Crippen LogP contribution in [0.25, 0.3) is 20.7 Å². The number of pyridine rings is 1. The van der Waals surface area contributed by atoms with Crippen molar-refractivity contribution in [3.05, 3.63) is 48.0 Å². The van der Waals surface area contributed by atoms with Crippen LogP contribution in [0.1, 0.15) is 43.0 Å². The van der Waals surface area contributed by atoms with Crippen molar-refractivity contribution in [2.45, 2.75) is 32.6 Å². The summed E-state index contributed by atoms with van der Waals surface area (Å²) in [6, 6.07) is 14.1. The fourth-order valence-electron chi connectivity index (χ4n) is 5.26. The molecule has 0 bridgehead atoms. The van der Waals surface area contributed by atoms with E-state index >= 15 is 0 Å². The quantitative estimate of drug-likeness (QED) is 0.491. The van der Waals surface area contributed by atoms with Gasteiger partial charge in [0.25, 0.3) is 5.91 Å². The van der Waals surface area contributed by atoms with Crippen LogP contribution in [0.2, 0.25) is 0 Å². The molecule has 2 aliphatic heterocycles. The molecule has 194 valence electrons. The lowest BCUT2D eigenvalue weighted by molar-refractivity contribution is -0.148. The molecule has 0 aliphatic carbocycles. The number of carbonyl (C=O) groups excluding carboxylic acids is 3. The number of piperidine rings is 2. The zero-order valence-electron chi connectivity index (χ0n) is 21.0. The van der Waals surface area contributed by atoms with Gasteiger partial charge in [0.15, 0.2) is 0 Å². The van der Waals surface area contributed by atoms with Gasteiger partial charge in [0.05, 0.1) is 28.7 Å². The number of hydrogen-bond donors (Lipinski definition) is 1. The summed E-state index contributed by atoms with van der Waals surface area (Å²) in [5, 5.41) is 1.16. The summed E-state index contributed by atoms with van der Waals surface area (Å²) >= 11 is 1.67. The zero-order chi connectivity index (χ0) is 25.9. The summed E-state index contributed by atoms with van der Waals surface area (Å²) < 4.78 is 6.48. The monoisotopic (exact) mass is 520 g/mol. The van der Waals surface area contributed by atoms with Crippen molar-refractivity contribution in [3.8, 4) is 10.6 Å². The molecule has 5 rings (SSSR count). The molecule has 0 unspecified atom stereocenters. The number of esters is 1. The number of nitrogens with zero attached hydrogens (tertiary/aromatic N) is 3. The number of likely N-dealkylation sites (tertiary alicyclic amines) is 1. The van der Waals surface area contributed by atoms with E-state index in [1.54, 1.807) is 16.2 Å². The molecule has 2 fully saturated rings. The number of primary amides is 1. The number of ether oxygens (including phenoxy) is 1. The Kier molecular flexibility index (Phi) is 7.41. The Morgan fingerprint density at radius 3 is 2.57 bits per heavy atom. The summed E-state index contributed by atoms with van der Waals surface area (Å²) in [5.41, 5.74) is 6.81. The second kappa shape index (κ2) is 10.9. The molecule has 2 amide bonds. The lowest BCUT2D eigenvalue weighted by Crippen LogP contribution is -2.44. The van der Waals surface area contributed by atoms with E-state index in [1.165, 1.54) is 4.70 Å². The van der Waals surface area contributed by atoms with Crippen LogP contribution >= 0.6 is 11.3 Å². The highest BCUT2D eigenvalue weighted by Crippen LogP contribution is 2.35. The second-order valence-corrected chi connectivity index (χ2v) is 10.8. The van der Waals surface area contributed by atoms with Gasteiger partial charge in [0.2, 0.25) is 5.91 Å². The van der Waals surface area contributed by atoms with Crippen LogP contribution in [0.3, 0.4) is 0 Å². The van der Waals surface area contributed by atoms with Crippen molar-refractivity contribution in [2.24, 2.45) is 17.6 Å². The lowest BCUT2D eigenvalue weighted by atomic mass is 9.95. The van der Waals surface area contributed by atoms with Gasteiger partial charge in [-0.05, 0) is 62.3 Å². The summed E-state index contributed by atoms with van der Waals surface area (Å²) in [6.45, 7) is 4.30. The third-order valence-corrected chi connectivity index (χ3v) is 8.45. The van der Waals surface area contributed by atoms with E-state index in [1.807, 2.05) is 31.2 Å². The minimum absolute atomic E-state index is 0.105. The molecule has 2 aliphatic rings. The van der Waals surface area contributed by atoms with Gasteiger partial charge in [-0.1, -0.05) is 18.2 Å². The zero-order valence-corrected chi connectivity index (χ0v) is 21.8. The van der Waals surface area contributed by atoms with Gasteiger partial charge in [0.1, 0.15) is 5.82 Å². The van der Waals surface area contributed by atoms with E-state index < -0.39 is 0 Å². The minimum Gasteiger partial charge on any atom is -0.466 e. The third-order valence-electron chi connectivity index (χ3n) is 7.31. The van der Waals surface area contributed by atoms with Crippen LogP contribution in [0.5, 0.6) is 0 Å². The Morgan fingerprint density at radius 1 is 1.05 bits per heavy atom. The highest BCUT2D eigenvalue weighted by molar-refractivity contribution is 7.22. The van der Waals surface area contributed by atoms with Crippen molar-refractivity contribution in [1.29, 1.82) is 0 Å². The average molecular weight is 521 g/mol. The second-order valence-electron chi connectivity index (χ2n) is 9.72. The van der Waals surface area contributed by atoms with Crippen LogP contribution < -0.4 is 10.6 Å². The Labute approximate surface area is 220 Å². The number of benzene rings is 1. The first kappa shape index (κ1) is 25.2. The summed E-state index contributed by atoms with van der Waals surface area (Å²) in [7, 11) is 0. The molecule has 3 aromatic rings. The SMILES string of the molecule is CCOC(=O)[C@@H]1CCCN(c2nc(-c3cc4ccccc4s3)ccc2C(=O)N2CCC(C(N)=O)CC2)C1. The number of nitrogens with two attached hydrogens (primary N) is 1. The normalized spacial score (nSPS) is 18.7. The molecule has 4 heterocycles. The molecule has 2 aromatic heterocycles. The number of anilines is 1. The first-order valence-corrected chi connectivity index (χ1v) is 13.8. The highest BCUT2D eigenvalue weighted by atomic mass is 32.1. The van der Waals surface area contributed by atoms with Crippen LogP contribution in [0.4, 0.5) is 5.82 Å². The first-order chi connectivity index (χ1) is 17.9. The summed E-state index contributed by atoms with van der Waals surface area (Å²) in [4.78, 5) is 47.7. The summed E-state index contributed by atoms with van der Waals surface area (Å²) in [5.74, 6) is -0.450. The molecule has 0 radical (unpaired) electrons. The molecular weight excluding hydrogens is 488 g/mol. The Bertz CT molecular complexity index is 1280. The fraction of sp³-hybridized carbons (Fsp3) is 0.429. The number of aromatic nitrogens is 1. The first-order valence-electron chi connectivity index (χ1n) is 12.9. The topological polar surface area (TPSA) is 106 Å². The molecule has 9 heteroatoms. The van der Waals surface area contributed by atoms with E-state index in [9.17, 15) is 14.4 Å². The van der Waals surface area contributed by atoms with Gasteiger partial charge in [-0.3, -0.25) is 14.4 Å². The number of rotatable bonds is 6.